The molecule has 0 radical (unpaired) electrons. The average Bonchev–Trinajstić information content (AvgIpc) is 2.96. The van der Waals surface area contributed by atoms with Crippen LogP contribution in [-0.4, -0.2) is 36.3 Å². The Balaban J connectivity index is 1.73. The van der Waals surface area contributed by atoms with Crippen molar-refractivity contribution in [3.05, 3.63) is 124 Å². The number of hydrogen-bond acceptors (Lipinski definition) is 5. The number of carbonyl (C=O) groups excluding carboxylic acids is 1. The van der Waals surface area contributed by atoms with Crippen molar-refractivity contribution in [1.29, 1.82) is 0 Å². The molecule has 0 aliphatic carbocycles. The molecule has 7 heteroatoms. The summed E-state index contributed by atoms with van der Waals surface area (Å²) in [6.45, 7) is 1.22. The van der Waals surface area contributed by atoms with Crippen LogP contribution >= 0.6 is 23.4 Å². The largest absolute Gasteiger partial charge is 0.497 e. The van der Waals surface area contributed by atoms with Crippen LogP contribution in [0.25, 0.3) is 0 Å². The van der Waals surface area contributed by atoms with Gasteiger partial charge in [0, 0.05) is 29.2 Å². The molecule has 0 heterocycles. The molecule has 0 unspecified atom stereocenters. The molecular formula is C31H29ClN2O3S. The van der Waals surface area contributed by atoms with Crippen molar-refractivity contribution >= 4 is 40.0 Å². The van der Waals surface area contributed by atoms with Crippen molar-refractivity contribution in [2.24, 2.45) is 4.99 Å². The molecule has 0 aliphatic heterocycles. The van der Waals surface area contributed by atoms with Crippen LogP contribution in [0.15, 0.2) is 102 Å². The summed E-state index contributed by atoms with van der Waals surface area (Å²) in [4.78, 5) is 20.5. The molecule has 0 fully saturated rings. The zero-order valence-corrected chi connectivity index (χ0v) is 23.1. The molecule has 0 spiro atoms. The quantitative estimate of drug-likeness (QED) is 0.123. The van der Waals surface area contributed by atoms with Crippen LogP contribution in [0.1, 0.15) is 27.0 Å². The highest BCUT2D eigenvalue weighted by atomic mass is 35.5. The van der Waals surface area contributed by atoms with Gasteiger partial charge in [0.05, 0.1) is 19.9 Å². The molecule has 0 saturated carbocycles. The molecule has 4 rings (SSSR count). The number of benzene rings is 4. The number of ether oxygens (including phenoxy) is 2. The first-order valence-electron chi connectivity index (χ1n) is 12.0. The van der Waals surface area contributed by atoms with Gasteiger partial charge in [-0.15, -0.1) is 0 Å². The summed E-state index contributed by atoms with van der Waals surface area (Å²) in [5.74, 6) is 1.51. The lowest BCUT2D eigenvalue weighted by Crippen LogP contribution is -2.28. The van der Waals surface area contributed by atoms with Crippen molar-refractivity contribution < 1.29 is 14.3 Å². The molecule has 0 saturated heterocycles. The number of nitrogens with zero attached hydrogens (tertiary/aromatic N) is 2. The van der Waals surface area contributed by atoms with Gasteiger partial charge in [-0.05, 0) is 59.8 Å². The van der Waals surface area contributed by atoms with E-state index in [0.717, 1.165) is 27.8 Å². The van der Waals surface area contributed by atoms with Gasteiger partial charge in [0.25, 0.3) is 0 Å². The molecule has 0 aliphatic rings. The van der Waals surface area contributed by atoms with E-state index in [2.05, 4.69) is 4.90 Å². The lowest BCUT2D eigenvalue weighted by Gasteiger charge is -2.26. The van der Waals surface area contributed by atoms with Gasteiger partial charge in [0.15, 0.2) is 11.0 Å². The van der Waals surface area contributed by atoms with Crippen LogP contribution in [0.4, 0.5) is 5.69 Å². The number of amidine groups is 1. The summed E-state index contributed by atoms with van der Waals surface area (Å²) in [5.41, 5.74) is 3.84. The molecule has 38 heavy (non-hydrogen) atoms. The highest BCUT2D eigenvalue weighted by molar-refractivity contribution is 8.13. The molecule has 0 atom stereocenters. The molecule has 0 bridgehead atoms. The van der Waals surface area contributed by atoms with Crippen LogP contribution in [-0.2, 0) is 13.1 Å². The average molecular weight is 545 g/mol. The highest BCUT2D eigenvalue weighted by Gasteiger charge is 2.18. The Morgan fingerprint density at radius 2 is 1.37 bits per heavy atom. The van der Waals surface area contributed by atoms with Gasteiger partial charge in [-0.2, -0.15) is 0 Å². The zero-order valence-electron chi connectivity index (χ0n) is 21.6. The fourth-order valence-corrected chi connectivity index (χ4v) is 4.72. The van der Waals surface area contributed by atoms with Gasteiger partial charge >= 0.3 is 0 Å². The van der Waals surface area contributed by atoms with Crippen molar-refractivity contribution in [3.8, 4) is 11.5 Å². The molecule has 0 amide bonds. The van der Waals surface area contributed by atoms with Crippen LogP contribution in [0, 0.1) is 0 Å². The SMILES string of the molecule is COc1ccc(CN(Cc2ccc(OC)cc2)C(=Nc2cc(Cl)ccc2C(=O)c2ccccc2)SC)cc1. The van der Waals surface area contributed by atoms with Gasteiger partial charge in [-0.3, -0.25) is 4.79 Å². The van der Waals surface area contributed by atoms with E-state index in [0.29, 0.717) is 34.9 Å². The van der Waals surface area contributed by atoms with Gasteiger partial charge in [0.1, 0.15) is 11.5 Å². The summed E-state index contributed by atoms with van der Waals surface area (Å²) in [6, 6.07) is 30.4. The number of aliphatic imine (C=N–C) groups is 1. The standard InChI is InChI=1S/C31H29ClN2O3S/c1-36-26-14-9-22(10-15-26)20-34(21-23-11-16-27(37-2)17-12-23)31(38-3)33-29-19-25(32)13-18-28(29)30(35)24-7-5-4-6-8-24/h4-19H,20-21H2,1-3H3. The van der Waals surface area contributed by atoms with Crippen LogP contribution < -0.4 is 9.47 Å². The maximum Gasteiger partial charge on any atom is 0.195 e. The minimum Gasteiger partial charge on any atom is -0.497 e. The molecule has 4 aromatic rings. The van der Waals surface area contributed by atoms with Crippen molar-refractivity contribution in [1.82, 2.24) is 4.90 Å². The summed E-state index contributed by atoms with van der Waals surface area (Å²) in [5, 5.41) is 1.28. The number of carbonyl (C=O) groups is 1. The van der Waals surface area contributed by atoms with E-state index >= 15 is 0 Å². The number of thioether (sulfide) groups is 1. The van der Waals surface area contributed by atoms with E-state index in [4.69, 9.17) is 26.1 Å². The fourth-order valence-electron chi connectivity index (χ4n) is 3.98. The minimum absolute atomic E-state index is 0.0988. The van der Waals surface area contributed by atoms with Crippen molar-refractivity contribution in [3.63, 3.8) is 0 Å². The Morgan fingerprint density at radius 1 is 0.816 bits per heavy atom. The highest BCUT2D eigenvalue weighted by Crippen LogP contribution is 2.29. The summed E-state index contributed by atoms with van der Waals surface area (Å²) >= 11 is 7.89. The van der Waals surface area contributed by atoms with Gasteiger partial charge < -0.3 is 14.4 Å². The van der Waals surface area contributed by atoms with E-state index in [9.17, 15) is 4.79 Å². The third-order valence-electron chi connectivity index (χ3n) is 5.97. The van der Waals surface area contributed by atoms with E-state index in [1.807, 2.05) is 73.0 Å². The molecule has 0 N–H and O–H groups in total. The maximum atomic E-state index is 13.4. The molecule has 194 valence electrons. The second kappa shape index (κ2) is 13.2. The van der Waals surface area contributed by atoms with Crippen LogP contribution in [0.5, 0.6) is 11.5 Å². The lowest BCUT2D eigenvalue weighted by molar-refractivity contribution is 0.103. The smallest absolute Gasteiger partial charge is 0.195 e. The maximum absolute atomic E-state index is 13.4. The second-order valence-corrected chi connectivity index (χ2v) is 9.72. The van der Waals surface area contributed by atoms with Crippen molar-refractivity contribution in [2.75, 3.05) is 20.5 Å². The lowest BCUT2D eigenvalue weighted by atomic mass is 10.0. The second-order valence-electron chi connectivity index (χ2n) is 8.51. The Kier molecular flexibility index (Phi) is 9.46. The minimum atomic E-state index is -0.0988. The first-order chi connectivity index (χ1) is 18.5. The summed E-state index contributed by atoms with van der Waals surface area (Å²) in [7, 11) is 3.31. The predicted molar refractivity (Wildman–Crippen MR) is 157 cm³/mol. The van der Waals surface area contributed by atoms with E-state index in [1.165, 1.54) is 11.8 Å². The Hall–Kier alpha value is -3.74. The number of methoxy groups -OCH3 is 2. The monoisotopic (exact) mass is 544 g/mol. The van der Waals surface area contributed by atoms with E-state index < -0.39 is 0 Å². The third kappa shape index (κ3) is 6.97. The number of hydrogen-bond donors (Lipinski definition) is 0. The van der Waals surface area contributed by atoms with Crippen LogP contribution in [0.2, 0.25) is 5.02 Å². The molecule has 4 aromatic carbocycles. The van der Waals surface area contributed by atoms with Gasteiger partial charge in [-0.25, -0.2) is 4.99 Å². The summed E-state index contributed by atoms with van der Waals surface area (Å²) in [6.07, 6.45) is 1.98. The number of rotatable bonds is 9. The number of halogens is 1. The van der Waals surface area contributed by atoms with Crippen molar-refractivity contribution in [2.45, 2.75) is 13.1 Å². The molecule has 0 aromatic heterocycles. The third-order valence-corrected chi connectivity index (χ3v) is 6.92. The number of ketones is 1. The Bertz CT molecular complexity index is 1340. The van der Waals surface area contributed by atoms with E-state index in [-0.39, 0.29) is 5.78 Å². The van der Waals surface area contributed by atoms with Gasteiger partial charge in [0.2, 0.25) is 0 Å². The van der Waals surface area contributed by atoms with Gasteiger partial charge in [-0.1, -0.05) is 78.0 Å². The normalized spacial score (nSPS) is 11.2. The zero-order chi connectivity index (χ0) is 26.9. The van der Waals surface area contributed by atoms with E-state index in [1.54, 1.807) is 44.6 Å². The fraction of sp³-hybridized carbons (Fsp3) is 0.161. The van der Waals surface area contributed by atoms with Crippen LogP contribution in [0.3, 0.4) is 0 Å². The Morgan fingerprint density at radius 3 is 1.87 bits per heavy atom. The molecular weight excluding hydrogens is 516 g/mol. The summed E-state index contributed by atoms with van der Waals surface area (Å²) < 4.78 is 10.6. The first kappa shape index (κ1) is 27.3. The topological polar surface area (TPSA) is 51.1 Å². The predicted octanol–water partition coefficient (Wildman–Crippen LogP) is 7.64. The first-order valence-corrected chi connectivity index (χ1v) is 13.6. The Labute approximate surface area is 233 Å². The molecule has 5 nitrogen and oxygen atoms in total.